The van der Waals surface area contributed by atoms with Crippen LogP contribution in [0.5, 0.6) is 0 Å². The lowest BCUT2D eigenvalue weighted by atomic mass is 9.80. The maximum Gasteiger partial charge on any atom is 0.416 e. The number of nitrogens with one attached hydrogen (secondary N) is 1. The number of hydrogen-bond donors (Lipinski definition) is 1. The van der Waals surface area contributed by atoms with Crippen LogP contribution in [-0.4, -0.2) is 6.54 Å². The van der Waals surface area contributed by atoms with Gasteiger partial charge in [0.15, 0.2) is 0 Å². The zero-order valence-corrected chi connectivity index (χ0v) is 13.7. The van der Waals surface area contributed by atoms with E-state index in [4.69, 9.17) is 11.6 Å². The fourth-order valence-corrected chi connectivity index (χ4v) is 4.43. The molecule has 0 spiro atoms. The van der Waals surface area contributed by atoms with Gasteiger partial charge in [-0.05, 0) is 66.3 Å². The molecule has 1 saturated heterocycles. The zero-order chi connectivity index (χ0) is 16.9. The molecule has 2 aliphatic rings. The average molecular weight is 352 g/mol. The molecule has 1 heterocycles. The molecule has 1 aliphatic heterocycles. The van der Waals surface area contributed by atoms with Crippen LogP contribution in [-0.2, 0) is 6.18 Å². The number of alkyl halides is 3. The summed E-state index contributed by atoms with van der Waals surface area (Å²) in [5.41, 5.74) is 2.71. The SMILES string of the molecule is FC(F)(F)c1ccc(C2c3cc(Cl)ccc3C3NCCCC32)cc1. The molecule has 0 saturated carbocycles. The maximum atomic E-state index is 12.8. The molecule has 3 atom stereocenters. The Bertz CT molecular complexity index is 754. The normalized spacial score (nSPS) is 26.1. The molecule has 1 nitrogen and oxygen atoms in total. The molecule has 4 rings (SSSR count). The number of piperidine rings is 1. The van der Waals surface area contributed by atoms with Crippen molar-refractivity contribution in [1.29, 1.82) is 0 Å². The highest BCUT2D eigenvalue weighted by molar-refractivity contribution is 6.30. The Morgan fingerprint density at radius 2 is 1.75 bits per heavy atom. The fourth-order valence-electron chi connectivity index (χ4n) is 4.25. The third-order valence-electron chi connectivity index (χ3n) is 5.25. The first kappa shape index (κ1) is 16.0. The molecule has 1 fully saturated rings. The molecule has 1 aliphatic carbocycles. The lowest BCUT2D eigenvalue weighted by molar-refractivity contribution is -0.137. The van der Waals surface area contributed by atoms with Gasteiger partial charge < -0.3 is 5.32 Å². The van der Waals surface area contributed by atoms with E-state index in [2.05, 4.69) is 11.4 Å². The molecule has 3 unspecified atom stereocenters. The van der Waals surface area contributed by atoms with Crippen molar-refractivity contribution in [3.05, 3.63) is 69.7 Å². The first-order valence-corrected chi connectivity index (χ1v) is 8.53. The summed E-state index contributed by atoms with van der Waals surface area (Å²) in [5, 5.41) is 4.24. The van der Waals surface area contributed by atoms with E-state index in [1.165, 1.54) is 17.7 Å². The Morgan fingerprint density at radius 1 is 1.00 bits per heavy atom. The Morgan fingerprint density at radius 3 is 2.46 bits per heavy atom. The minimum absolute atomic E-state index is 0.0961. The van der Waals surface area contributed by atoms with Gasteiger partial charge in [0, 0.05) is 17.0 Å². The predicted octanol–water partition coefficient (Wildman–Crippen LogP) is 5.55. The smallest absolute Gasteiger partial charge is 0.310 e. The zero-order valence-electron chi connectivity index (χ0n) is 12.9. The van der Waals surface area contributed by atoms with E-state index in [1.807, 2.05) is 12.1 Å². The first-order chi connectivity index (χ1) is 11.4. The van der Waals surface area contributed by atoms with Crippen LogP contribution in [0.3, 0.4) is 0 Å². The van der Waals surface area contributed by atoms with Crippen LogP contribution in [0.1, 0.15) is 47.1 Å². The van der Waals surface area contributed by atoms with Crippen molar-refractivity contribution in [1.82, 2.24) is 5.32 Å². The van der Waals surface area contributed by atoms with Crippen LogP contribution in [0.25, 0.3) is 0 Å². The van der Waals surface area contributed by atoms with Crippen molar-refractivity contribution in [2.75, 3.05) is 6.54 Å². The highest BCUT2D eigenvalue weighted by atomic mass is 35.5. The summed E-state index contributed by atoms with van der Waals surface area (Å²) in [6.45, 7) is 0.975. The molecular weight excluding hydrogens is 335 g/mol. The van der Waals surface area contributed by atoms with Crippen molar-refractivity contribution in [2.24, 2.45) is 5.92 Å². The Kier molecular flexibility index (Phi) is 3.85. The number of halogens is 4. The molecule has 0 amide bonds. The monoisotopic (exact) mass is 351 g/mol. The number of fused-ring (bicyclic) bond motifs is 3. The summed E-state index contributed by atoms with van der Waals surface area (Å²) in [7, 11) is 0. The first-order valence-electron chi connectivity index (χ1n) is 8.15. The van der Waals surface area contributed by atoms with E-state index in [-0.39, 0.29) is 12.0 Å². The second kappa shape index (κ2) is 5.78. The summed E-state index contributed by atoms with van der Waals surface area (Å²) >= 11 is 6.19. The summed E-state index contributed by atoms with van der Waals surface area (Å²) in [5.74, 6) is 0.461. The van der Waals surface area contributed by atoms with Gasteiger partial charge in [0.05, 0.1) is 5.56 Å². The van der Waals surface area contributed by atoms with Gasteiger partial charge in [0.1, 0.15) is 0 Å². The van der Waals surface area contributed by atoms with Gasteiger partial charge in [-0.15, -0.1) is 0 Å². The summed E-state index contributed by atoms with van der Waals surface area (Å²) < 4.78 is 38.5. The van der Waals surface area contributed by atoms with Crippen molar-refractivity contribution < 1.29 is 13.2 Å². The van der Waals surface area contributed by atoms with Gasteiger partial charge in [-0.3, -0.25) is 0 Å². The van der Waals surface area contributed by atoms with Crippen LogP contribution >= 0.6 is 11.6 Å². The van der Waals surface area contributed by atoms with Crippen LogP contribution in [0, 0.1) is 5.92 Å². The largest absolute Gasteiger partial charge is 0.416 e. The minimum atomic E-state index is -4.30. The Labute approximate surface area is 143 Å². The van der Waals surface area contributed by atoms with Crippen LogP contribution < -0.4 is 5.32 Å². The topological polar surface area (TPSA) is 12.0 Å². The number of rotatable bonds is 1. The van der Waals surface area contributed by atoms with Gasteiger partial charge in [-0.2, -0.15) is 13.2 Å². The van der Waals surface area contributed by atoms with Gasteiger partial charge in [-0.25, -0.2) is 0 Å². The summed E-state index contributed by atoms with van der Waals surface area (Å²) in [6.07, 6.45) is -2.15. The van der Waals surface area contributed by atoms with Crippen LogP contribution in [0.15, 0.2) is 42.5 Å². The van der Waals surface area contributed by atoms with Gasteiger partial charge in [0.25, 0.3) is 0 Å². The van der Waals surface area contributed by atoms with E-state index < -0.39 is 11.7 Å². The molecule has 0 aromatic heterocycles. The van der Waals surface area contributed by atoms with Gasteiger partial charge >= 0.3 is 6.18 Å². The second-order valence-electron chi connectivity index (χ2n) is 6.61. The highest BCUT2D eigenvalue weighted by Gasteiger charge is 2.42. The molecule has 5 heteroatoms. The van der Waals surface area contributed by atoms with E-state index in [1.54, 1.807) is 12.1 Å². The van der Waals surface area contributed by atoms with Crippen molar-refractivity contribution in [3.63, 3.8) is 0 Å². The quantitative estimate of drug-likeness (QED) is 0.710. The number of benzene rings is 2. The fraction of sp³-hybridized carbons (Fsp3) is 0.368. The predicted molar refractivity (Wildman–Crippen MR) is 88.2 cm³/mol. The summed E-state index contributed by atoms with van der Waals surface area (Å²) in [4.78, 5) is 0. The Hall–Kier alpha value is -1.52. The van der Waals surface area contributed by atoms with E-state index >= 15 is 0 Å². The number of hydrogen-bond acceptors (Lipinski definition) is 1. The van der Waals surface area contributed by atoms with Crippen molar-refractivity contribution in [3.8, 4) is 0 Å². The van der Waals surface area contributed by atoms with Crippen LogP contribution in [0.4, 0.5) is 13.2 Å². The third kappa shape index (κ3) is 2.62. The summed E-state index contributed by atoms with van der Waals surface area (Å²) in [6, 6.07) is 11.8. The average Bonchev–Trinajstić information content (AvgIpc) is 2.87. The minimum Gasteiger partial charge on any atom is -0.310 e. The molecule has 1 N–H and O–H groups in total. The molecule has 2 aromatic rings. The maximum absolute atomic E-state index is 12.8. The van der Waals surface area contributed by atoms with E-state index in [9.17, 15) is 13.2 Å². The van der Waals surface area contributed by atoms with E-state index in [0.717, 1.165) is 30.5 Å². The van der Waals surface area contributed by atoms with Gasteiger partial charge in [0.2, 0.25) is 0 Å². The standard InChI is InChI=1S/C19H17ClF3N/c20-13-7-8-14-16(10-13)17(15-2-1-9-24-18(14)15)11-3-5-12(6-4-11)19(21,22)23/h3-8,10,15,17-18,24H,1-2,9H2. The Balaban J connectivity index is 1.78. The van der Waals surface area contributed by atoms with E-state index in [0.29, 0.717) is 10.9 Å². The van der Waals surface area contributed by atoms with Crippen molar-refractivity contribution in [2.45, 2.75) is 31.0 Å². The van der Waals surface area contributed by atoms with Crippen molar-refractivity contribution >= 4 is 11.6 Å². The van der Waals surface area contributed by atoms with Crippen LogP contribution in [0.2, 0.25) is 5.02 Å². The lowest BCUT2D eigenvalue weighted by Gasteiger charge is -2.31. The third-order valence-corrected chi connectivity index (χ3v) is 5.49. The molecule has 0 radical (unpaired) electrons. The molecule has 24 heavy (non-hydrogen) atoms. The highest BCUT2D eigenvalue weighted by Crippen LogP contribution is 2.52. The molecule has 126 valence electrons. The molecule has 2 aromatic carbocycles. The molecule has 0 bridgehead atoms. The van der Waals surface area contributed by atoms with Gasteiger partial charge in [-0.1, -0.05) is 29.8 Å². The lowest BCUT2D eigenvalue weighted by Crippen LogP contribution is -2.32. The second-order valence-corrected chi connectivity index (χ2v) is 7.04. The molecular formula is C19H17ClF3N.